The zero-order chi connectivity index (χ0) is 15.5. The molecule has 0 radical (unpaired) electrons. The van der Waals surface area contributed by atoms with Crippen LogP contribution >= 0.6 is 12.4 Å². The molecule has 0 bridgehead atoms. The van der Waals surface area contributed by atoms with Crippen LogP contribution in [0.5, 0.6) is 0 Å². The third-order valence-corrected chi connectivity index (χ3v) is 4.09. The van der Waals surface area contributed by atoms with Crippen molar-refractivity contribution in [3.8, 4) is 0 Å². The average molecular weight is 343 g/mol. The fraction of sp³-hybridized carbons (Fsp3) is 0.235. The maximum atomic E-state index is 3.93. The lowest BCUT2D eigenvalue weighted by Gasteiger charge is -2.07. The summed E-state index contributed by atoms with van der Waals surface area (Å²) in [5, 5.41) is 19.9. The summed E-state index contributed by atoms with van der Waals surface area (Å²) < 4.78 is 2.40. The highest BCUT2D eigenvalue weighted by molar-refractivity contribution is 6.07. The minimum atomic E-state index is 0. The molecule has 0 fully saturated rings. The van der Waals surface area contributed by atoms with Crippen LogP contribution in [-0.2, 0) is 13.1 Å². The monoisotopic (exact) mass is 342 g/mol. The molecule has 0 aliphatic rings. The molecule has 0 unspecified atom stereocenters. The first-order valence-electron chi connectivity index (χ1n) is 7.82. The van der Waals surface area contributed by atoms with E-state index in [9.17, 15) is 0 Å². The Labute approximate surface area is 145 Å². The molecular formula is C17H19ClN6. The molecule has 24 heavy (non-hydrogen) atoms. The van der Waals surface area contributed by atoms with Gasteiger partial charge in [0, 0.05) is 28.4 Å². The van der Waals surface area contributed by atoms with Crippen molar-refractivity contribution in [3.63, 3.8) is 0 Å². The normalized spacial score (nSPS) is 11.0. The number of hydrogen-bond acceptors (Lipinski definition) is 4. The summed E-state index contributed by atoms with van der Waals surface area (Å²) in [5.41, 5.74) is 2.60. The minimum absolute atomic E-state index is 0. The van der Waals surface area contributed by atoms with Crippen molar-refractivity contribution in [2.45, 2.75) is 19.5 Å². The Bertz CT molecular complexity index is 862. The Balaban J connectivity index is 0.00000169. The van der Waals surface area contributed by atoms with Gasteiger partial charge in [-0.1, -0.05) is 41.6 Å². The Morgan fingerprint density at radius 1 is 0.958 bits per heavy atom. The summed E-state index contributed by atoms with van der Waals surface area (Å²) in [4.78, 5) is 0. The number of nitrogens with one attached hydrogen (secondary N) is 2. The number of aromatic amines is 1. The molecule has 0 saturated heterocycles. The molecule has 7 heteroatoms. The van der Waals surface area contributed by atoms with Crippen molar-refractivity contribution in [2.24, 2.45) is 0 Å². The predicted octanol–water partition coefficient (Wildman–Crippen LogP) is 2.91. The molecule has 0 aliphatic heterocycles. The van der Waals surface area contributed by atoms with Crippen LogP contribution in [0.2, 0.25) is 0 Å². The van der Waals surface area contributed by atoms with Crippen molar-refractivity contribution in [3.05, 3.63) is 54.4 Å². The number of nitrogens with zero attached hydrogens (tertiary/aromatic N) is 4. The molecule has 4 aromatic rings. The third-order valence-electron chi connectivity index (χ3n) is 4.09. The van der Waals surface area contributed by atoms with Gasteiger partial charge in [-0.25, -0.2) is 0 Å². The summed E-state index contributed by atoms with van der Waals surface area (Å²) in [6.45, 7) is 2.53. The smallest absolute Gasteiger partial charge is 0.188 e. The summed E-state index contributed by atoms with van der Waals surface area (Å²) >= 11 is 0. The summed E-state index contributed by atoms with van der Waals surface area (Å²) in [6, 6.07) is 17.2. The fourth-order valence-corrected chi connectivity index (χ4v) is 3.06. The number of halogens is 1. The van der Waals surface area contributed by atoms with Crippen LogP contribution in [0, 0.1) is 0 Å². The van der Waals surface area contributed by atoms with Gasteiger partial charge < -0.3 is 9.88 Å². The van der Waals surface area contributed by atoms with Gasteiger partial charge in [0.05, 0.1) is 6.54 Å². The van der Waals surface area contributed by atoms with Gasteiger partial charge >= 0.3 is 0 Å². The summed E-state index contributed by atoms with van der Waals surface area (Å²) in [6.07, 6.45) is 1.04. The zero-order valence-corrected chi connectivity index (χ0v) is 14.0. The van der Waals surface area contributed by atoms with Crippen molar-refractivity contribution in [1.82, 2.24) is 30.5 Å². The van der Waals surface area contributed by atoms with E-state index < -0.39 is 0 Å². The van der Waals surface area contributed by atoms with E-state index in [2.05, 4.69) is 79.0 Å². The topological polar surface area (TPSA) is 71.4 Å². The molecule has 4 rings (SSSR count). The van der Waals surface area contributed by atoms with E-state index in [1.54, 1.807) is 0 Å². The highest BCUT2D eigenvalue weighted by atomic mass is 35.5. The largest absolute Gasteiger partial charge is 0.340 e. The number of aryl methyl sites for hydroxylation is 1. The van der Waals surface area contributed by atoms with Crippen molar-refractivity contribution in [1.29, 1.82) is 0 Å². The summed E-state index contributed by atoms with van der Waals surface area (Å²) in [5.74, 6) is 0.696. The van der Waals surface area contributed by atoms with E-state index in [1.165, 1.54) is 21.8 Å². The van der Waals surface area contributed by atoms with E-state index in [1.807, 2.05) is 0 Å². The number of aromatic nitrogens is 5. The maximum Gasteiger partial charge on any atom is 0.188 e. The second-order valence-corrected chi connectivity index (χ2v) is 5.54. The molecular weight excluding hydrogens is 324 g/mol. The first kappa shape index (κ1) is 16.4. The van der Waals surface area contributed by atoms with Gasteiger partial charge in [0.25, 0.3) is 0 Å². The van der Waals surface area contributed by atoms with E-state index in [-0.39, 0.29) is 12.4 Å². The molecule has 0 amide bonds. The van der Waals surface area contributed by atoms with Crippen LogP contribution < -0.4 is 5.32 Å². The lowest BCUT2D eigenvalue weighted by atomic mass is 10.2. The Morgan fingerprint density at radius 3 is 2.25 bits per heavy atom. The Hall–Kier alpha value is -2.44. The number of H-pyrrole nitrogens is 1. The lowest BCUT2D eigenvalue weighted by molar-refractivity contribution is 0.587. The number of benzene rings is 2. The first-order valence-corrected chi connectivity index (χ1v) is 7.82. The molecule has 2 aromatic carbocycles. The van der Waals surface area contributed by atoms with Gasteiger partial charge in [0.2, 0.25) is 0 Å². The molecule has 6 nitrogen and oxygen atoms in total. The van der Waals surface area contributed by atoms with Crippen molar-refractivity contribution < 1.29 is 0 Å². The second kappa shape index (κ2) is 7.42. The van der Waals surface area contributed by atoms with Gasteiger partial charge in [0.15, 0.2) is 5.82 Å². The Morgan fingerprint density at radius 2 is 1.62 bits per heavy atom. The van der Waals surface area contributed by atoms with Crippen LogP contribution in [-0.4, -0.2) is 31.7 Å². The number of rotatable bonds is 6. The van der Waals surface area contributed by atoms with Crippen LogP contribution in [0.25, 0.3) is 21.8 Å². The van der Waals surface area contributed by atoms with Crippen molar-refractivity contribution >= 4 is 34.2 Å². The van der Waals surface area contributed by atoms with E-state index in [0.717, 1.165) is 19.5 Å². The molecule has 0 aliphatic carbocycles. The first-order chi connectivity index (χ1) is 11.4. The summed E-state index contributed by atoms with van der Waals surface area (Å²) in [7, 11) is 0. The minimum Gasteiger partial charge on any atom is -0.340 e. The molecule has 0 saturated carbocycles. The Kier molecular flexibility index (Phi) is 5.08. The van der Waals surface area contributed by atoms with Crippen LogP contribution in [0.1, 0.15) is 12.2 Å². The fourth-order valence-electron chi connectivity index (χ4n) is 3.06. The van der Waals surface area contributed by atoms with Crippen LogP contribution in [0.15, 0.2) is 48.5 Å². The number of para-hydroxylation sites is 2. The van der Waals surface area contributed by atoms with Crippen LogP contribution in [0.4, 0.5) is 0 Å². The molecule has 0 spiro atoms. The van der Waals surface area contributed by atoms with Crippen molar-refractivity contribution in [2.75, 3.05) is 6.54 Å². The maximum absolute atomic E-state index is 3.93. The lowest BCUT2D eigenvalue weighted by Crippen LogP contribution is -2.17. The molecule has 124 valence electrons. The van der Waals surface area contributed by atoms with Gasteiger partial charge in [-0.2, -0.15) is 5.21 Å². The molecule has 2 aromatic heterocycles. The molecule has 2 N–H and O–H groups in total. The standard InChI is InChI=1S/C17H18N6.ClH/c1-3-8-15-13(6-1)14-7-2-4-9-16(14)23(15)11-5-10-18-12-17-19-21-22-20-17;/h1-4,6-9,18H,5,10-12H2,(H,19,20,21,22);1H. The second-order valence-electron chi connectivity index (χ2n) is 5.54. The third kappa shape index (κ3) is 3.11. The average Bonchev–Trinajstić information content (AvgIpc) is 3.22. The number of fused-ring (bicyclic) bond motifs is 3. The van der Waals surface area contributed by atoms with Gasteiger partial charge in [0.1, 0.15) is 0 Å². The van der Waals surface area contributed by atoms with E-state index in [0.29, 0.717) is 12.4 Å². The highest BCUT2D eigenvalue weighted by Crippen LogP contribution is 2.28. The predicted molar refractivity (Wildman–Crippen MR) is 97.2 cm³/mol. The zero-order valence-electron chi connectivity index (χ0n) is 13.1. The quantitative estimate of drug-likeness (QED) is 0.528. The SMILES string of the molecule is Cl.c1ccc2c(c1)c1ccccc1n2CCCNCc1nn[nH]n1. The van der Waals surface area contributed by atoms with Gasteiger partial charge in [-0.05, 0) is 25.1 Å². The van der Waals surface area contributed by atoms with Gasteiger partial charge in [-0.3, -0.25) is 0 Å². The van der Waals surface area contributed by atoms with Gasteiger partial charge in [-0.15, -0.1) is 22.6 Å². The van der Waals surface area contributed by atoms with Crippen LogP contribution in [0.3, 0.4) is 0 Å². The van der Waals surface area contributed by atoms with E-state index in [4.69, 9.17) is 0 Å². The molecule has 2 heterocycles. The highest BCUT2D eigenvalue weighted by Gasteiger charge is 2.08. The molecule has 0 atom stereocenters. The number of tetrazole rings is 1. The number of hydrogen-bond donors (Lipinski definition) is 2. The van der Waals surface area contributed by atoms with E-state index >= 15 is 0 Å².